The number of rotatable bonds is 8. The molecule has 20 heavy (non-hydrogen) atoms. The van der Waals surface area contributed by atoms with Gasteiger partial charge in [-0.25, -0.2) is 0 Å². The third-order valence-corrected chi connectivity index (χ3v) is 5.19. The van der Waals surface area contributed by atoms with Crippen molar-refractivity contribution in [1.82, 2.24) is 5.32 Å². The Morgan fingerprint density at radius 3 is 2.75 bits per heavy atom. The van der Waals surface area contributed by atoms with Gasteiger partial charge < -0.3 is 5.32 Å². The van der Waals surface area contributed by atoms with E-state index in [-0.39, 0.29) is 0 Å². The summed E-state index contributed by atoms with van der Waals surface area (Å²) in [7, 11) is 0. The maximum absolute atomic E-state index is 3.78. The molecule has 1 aliphatic rings. The van der Waals surface area contributed by atoms with E-state index in [0.29, 0.717) is 0 Å². The van der Waals surface area contributed by atoms with E-state index < -0.39 is 0 Å². The van der Waals surface area contributed by atoms with Crippen LogP contribution in [0.1, 0.15) is 63.9 Å². The zero-order chi connectivity index (χ0) is 14.4. The number of unbranched alkanes of at least 4 members (excludes halogenated alkanes) is 1. The molecule has 0 radical (unpaired) electrons. The molecule has 1 fully saturated rings. The van der Waals surface area contributed by atoms with E-state index in [4.69, 9.17) is 0 Å². The van der Waals surface area contributed by atoms with Crippen molar-refractivity contribution in [3.63, 3.8) is 0 Å². The SMILES string of the molecule is CCCCC(CC)CNC1CC(c2cccc(Br)c2)C1. The van der Waals surface area contributed by atoms with Crippen molar-refractivity contribution < 1.29 is 0 Å². The van der Waals surface area contributed by atoms with E-state index in [0.717, 1.165) is 17.9 Å². The highest BCUT2D eigenvalue weighted by atomic mass is 79.9. The Morgan fingerprint density at radius 1 is 1.30 bits per heavy atom. The van der Waals surface area contributed by atoms with Crippen LogP contribution in [0.5, 0.6) is 0 Å². The molecule has 0 heterocycles. The van der Waals surface area contributed by atoms with Crippen molar-refractivity contribution in [2.24, 2.45) is 5.92 Å². The van der Waals surface area contributed by atoms with Crippen molar-refractivity contribution >= 4 is 15.9 Å². The standard InChI is InChI=1S/C18H28BrN/c1-3-5-7-14(4-2)13-20-18-11-16(12-18)15-8-6-9-17(19)10-15/h6,8-10,14,16,18,20H,3-5,7,11-13H2,1-2H3. The molecule has 112 valence electrons. The lowest BCUT2D eigenvalue weighted by Crippen LogP contribution is -2.42. The first kappa shape index (κ1) is 16.0. The molecule has 0 amide bonds. The lowest BCUT2D eigenvalue weighted by Gasteiger charge is -2.37. The van der Waals surface area contributed by atoms with E-state index in [9.17, 15) is 0 Å². The van der Waals surface area contributed by atoms with Gasteiger partial charge in [0.15, 0.2) is 0 Å². The largest absolute Gasteiger partial charge is 0.314 e. The average Bonchev–Trinajstić information content (AvgIpc) is 2.40. The van der Waals surface area contributed by atoms with Gasteiger partial charge in [-0.2, -0.15) is 0 Å². The van der Waals surface area contributed by atoms with Gasteiger partial charge in [0.1, 0.15) is 0 Å². The van der Waals surface area contributed by atoms with E-state index in [1.54, 1.807) is 0 Å². The Morgan fingerprint density at radius 2 is 2.10 bits per heavy atom. The summed E-state index contributed by atoms with van der Waals surface area (Å²) >= 11 is 3.57. The monoisotopic (exact) mass is 337 g/mol. The quantitative estimate of drug-likeness (QED) is 0.660. The smallest absolute Gasteiger partial charge is 0.0178 e. The van der Waals surface area contributed by atoms with Crippen molar-refractivity contribution in [2.45, 2.75) is 64.3 Å². The summed E-state index contributed by atoms with van der Waals surface area (Å²) in [5.74, 6) is 1.64. The number of hydrogen-bond donors (Lipinski definition) is 1. The molecule has 2 rings (SSSR count). The van der Waals surface area contributed by atoms with Gasteiger partial charge in [-0.15, -0.1) is 0 Å². The van der Waals surface area contributed by atoms with Crippen LogP contribution in [0, 0.1) is 5.92 Å². The Hall–Kier alpha value is -0.340. The number of benzene rings is 1. The minimum Gasteiger partial charge on any atom is -0.314 e. The van der Waals surface area contributed by atoms with Gasteiger partial charge in [0.25, 0.3) is 0 Å². The fourth-order valence-corrected chi connectivity index (χ4v) is 3.51. The minimum absolute atomic E-state index is 0.745. The zero-order valence-electron chi connectivity index (χ0n) is 12.9. The molecule has 2 heteroatoms. The summed E-state index contributed by atoms with van der Waals surface area (Å²) in [6, 6.07) is 9.54. The van der Waals surface area contributed by atoms with Crippen LogP contribution in [0.3, 0.4) is 0 Å². The molecular formula is C18H28BrN. The predicted molar refractivity (Wildman–Crippen MR) is 91.2 cm³/mol. The normalized spacial score (nSPS) is 23.4. The fraction of sp³-hybridized carbons (Fsp3) is 0.667. The molecule has 1 aliphatic carbocycles. The maximum atomic E-state index is 3.78. The van der Waals surface area contributed by atoms with Gasteiger partial charge in [-0.1, -0.05) is 61.2 Å². The third kappa shape index (κ3) is 4.60. The second-order valence-electron chi connectivity index (χ2n) is 6.25. The van der Waals surface area contributed by atoms with E-state index in [2.05, 4.69) is 59.4 Å². The van der Waals surface area contributed by atoms with Gasteiger partial charge >= 0.3 is 0 Å². The van der Waals surface area contributed by atoms with E-state index in [1.807, 2.05) is 0 Å². The molecule has 0 saturated heterocycles. The van der Waals surface area contributed by atoms with Gasteiger partial charge in [0.2, 0.25) is 0 Å². The Labute approximate surface area is 132 Å². The zero-order valence-corrected chi connectivity index (χ0v) is 14.5. The molecule has 1 saturated carbocycles. The summed E-state index contributed by atoms with van der Waals surface area (Å²) < 4.78 is 1.21. The van der Waals surface area contributed by atoms with Gasteiger partial charge in [0.05, 0.1) is 0 Å². The first-order valence-corrected chi connectivity index (χ1v) is 9.01. The van der Waals surface area contributed by atoms with Gasteiger partial charge in [-0.3, -0.25) is 0 Å². The Kier molecular flexibility index (Phi) is 6.57. The molecule has 0 aliphatic heterocycles. The maximum Gasteiger partial charge on any atom is 0.0178 e. The van der Waals surface area contributed by atoms with Crippen molar-refractivity contribution in [3.8, 4) is 0 Å². The van der Waals surface area contributed by atoms with Crippen LogP contribution in [0.15, 0.2) is 28.7 Å². The summed E-state index contributed by atoms with van der Waals surface area (Å²) in [6.07, 6.45) is 8.02. The third-order valence-electron chi connectivity index (χ3n) is 4.70. The van der Waals surface area contributed by atoms with E-state index >= 15 is 0 Å². The van der Waals surface area contributed by atoms with Crippen LogP contribution in [0.4, 0.5) is 0 Å². The first-order valence-electron chi connectivity index (χ1n) is 8.21. The lowest BCUT2D eigenvalue weighted by molar-refractivity contribution is 0.269. The summed E-state index contributed by atoms with van der Waals surface area (Å²) in [6.45, 7) is 5.83. The highest BCUT2D eigenvalue weighted by Gasteiger charge is 2.30. The number of halogens is 1. The molecule has 1 atom stereocenters. The Bertz CT molecular complexity index is 398. The Balaban J connectivity index is 1.68. The average molecular weight is 338 g/mol. The van der Waals surface area contributed by atoms with Gasteiger partial charge in [-0.05, 0) is 55.3 Å². The highest BCUT2D eigenvalue weighted by molar-refractivity contribution is 9.10. The first-order chi connectivity index (χ1) is 9.72. The van der Waals surface area contributed by atoms with Crippen molar-refractivity contribution in [2.75, 3.05) is 6.54 Å². The van der Waals surface area contributed by atoms with Crippen LogP contribution in [0.2, 0.25) is 0 Å². The second kappa shape index (κ2) is 8.19. The van der Waals surface area contributed by atoms with Crippen LogP contribution < -0.4 is 5.32 Å². The summed E-state index contributed by atoms with van der Waals surface area (Å²) in [4.78, 5) is 0. The minimum atomic E-state index is 0.745. The van der Waals surface area contributed by atoms with Crippen molar-refractivity contribution in [3.05, 3.63) is 34.3 Å². The lowest BCUT2D eigenvalue weighted by atomic mass is 9.75. The summed E-state index contributed by atoms with van der Waals surface area (Å²) in [5.41, 5.74) is 1.50. The molecule has 1 unspecified atom stereocenters. The van der Waals surface area contributed by atoms with Crippen LogP contribution in [0.25, 0.3) is 0 Å². The second-order valence-corrected chi connectivity index (χ2v) is 7.16. The van der Waals surface area contributed by atoms with Gasteiger partial charge in [0, 0.05) is 10.5 Å². The molecular weight excluding hydrogens is 310 g/mol. The predicted octanol–water partition coefficient (Wildman–Crippen LogP) is 5.50. The molecule has 1 aromatic carbocycles. The van der Waals surface area contributed by atoms with Crippen LogP contribution in [-0.4, -0.2) is 12.6 Å². The van der Waals surface area contributed by atoms with E-state index in [1.165, 1.54) is 55.1 Å². The molecule has 1 nitrogen and oxygen atoms in total. The topological polar surface area (TPSA) is 12.0 Å². The summed E-state index contributed by atoms with van der Waals surface area (Å²) in [5, 5.41) is 3.78. The fourth-order valence-electron chi connectivity index (χ4n) is 3.09. The van der Waals surface area contributed by atoms with Crippen LogP contribution in [-0.2, 0) is 0 Å². The molecule has 0 aromatic heterocycles. The molecule has 1 N–H and O–H groups in total. The molecule has 0 spiro atoms. The molecule has 0 bridgehead atoms. The number of hydrogen-bond acceptors (Lipinski definition) is 1. The number of nitrogens with one attached hydrogen (secondary N) is 1. The molecule has 1 aromatic rings. The van der Waals surface area contributed by atoms with Crippen molar-refractivity contribution in [1.29, 1.82) is 0 Å². The highest BCUT2D eigenvalue weighted by Crippen LogP contribution is 2.37. The van der Waals surface area contributed by atoms with Crippen LogP contribution >= 0.6 is 15.9 Å².